The van der Waals surface area contributed by atoms with Crippen LogP contribution < -0.4 is 0 Å². The van der Waals surface area contributed by atoms with Gasteiger partial charge in [0.2, 0.25) is 0 Å². The molecule has 3 aromatic carbocycles. The smallest absolute Gasteiger partial charge is 0.134 e. The summed E-state index contributed by atoms with van der Waals surface area (Å²) in [6.45, 7) is 4.27. The van der Waals surface area contributed by atoms with Gasteiger partial charge in [-0.15, -0.1) is 0 Å². The van der Waals surface area contributed by atoms with Crippen LogP contribution in [-0.2, 0) is 6.42 Å². The van der Waals surface area contributed by atoms with Gasteiger partial charge in [-0.2, -0.15) is 0 Å². The predicted molar refractivity (Wildman–Crippen MR) is 123 cm³/mol. The van der Waals surface area contributed by atoms with Crippen LogP contribution in [0.5, 0.6) is 0 Å². The Labute approximate surface area is 171 Å². The Bertz CT molecular complexity index is 1300. The van der Waals surface area contributed by atoms with Crippen molar-refractivity contribution in [1.82, 2.24) is 0 Å². The first-order chi connectivity index (χ1) is 14.2. The minimum atomic E-state index is 0.956. The molecule has 0 spiro atoms. The summed E-state index contributed by atoms with van der Waals surface area (Å²) in [5, 5.41) is 7.50. The first-order valence-electron chi connectivity index (χ1n) is 11.0. The van der Waals surface area contributed by atoms with E-state index in [4.69, 9.17) is 8.83 Å². The summed E-state index contributed by atoms with van der Waals surface area (Å²) in [4.78, 5) is 0. The third-order valence-electron chi connectivity index (χ3n) is 6.14. The molecule has 0 atom stereocenters. The summed E-state index contributed by atoms with van der Waals surface area (Å²) in [6, 6.07) is 17.5. The highest BCUT2D eigenvalue weighted by molar-refractivity contribution is 6.21. The summed E-state index contributed by atoms with van der Waals surface area (Å²) in [6.07, 6.45) is 8.89. The maximum absolute atomic E-state index is 6.17. The van der Waals surface area contributed by atoms with Crippen molar-refractivity contribution in [2.75, 3.05) is 0 Å². The minimum Gasteiger partial charge on any atom is -0.461 e. The molecule has 2 aromatic heterocycles. The van der Waals surface area contributed by atoms with E-state index in [1.807, 2.05) is 6.92 Å². The van der Waals surface area contributed by atoms with Crippen molar-refractivity contribution in [1.29, 1.82) is 0 Å². The van der Waals surface area contributed by atoms with E-state index in [-0.39, 0.29) is 0 Å². The molecule has 2 heterocycles. The first kappa shape index (κ1) is 18.3. The minimum absolute atomic E-state index is 0.956. The van der Waals surface area contributed by atoms with E-state index in [2.05, 4.69) is 55.5 Å². The number of rotatable bonds is 7. The average Bonchev–Trinajstić information content (AvgIpc) is 3.32. The molecule has 0 bridgehead atoms. The number of benzene rings is 3. The van der Waals surface area contributed by atoms with Crippen LogP contribution in [0.15, 0.2) is 57.4 Å². The Morgan fingerprint density at radius 2 is 1.14 bits per heavy atom. The third-order valence-corrected chi connectivity index (χ3v) is 6.14. The van der Waals surface area contributed by atoms with Crippen molar-refractivity contribution < 1.29 is 8.83 Å². The molecule has 0 aliphatic carbocycles. The molecule has 29 heavy (non-hydrogen) atoms. The van der Waals surface area contributed by atoms with Crippen LogP contribution in [0.1, 0.15) is 57.0 Å². The van der Waals surface area contributed by atoms with Crippen molar-refractivity contribution in [2.45, 2.75) is 58.8 Å². The molecule has 2 heteroatoms. The van der Waals surface area contributed by atoms with Crippen molar-refractivity contribution >= 4 is 43.5 Å². The summed E-state index contributed by atoms with van der Waals surface area (Å²) in [7, 11) is 0. The van der Waals surface area contributed by atoms with Crippen molar-refractivity contribution in [3.8, 4) is 0 Å². The van der Waals surface area contributed by atoms with Gasteiger partial charge in [0, 0.05) is 17.2 Å². The van der Waals surface area contributed by atoms with E-state index in [1.54, 1.807) is 0 Å². The lowest BCUT2D eigenvalue weighted by molar-refractivity contribution is 0.521. The largest absolute Gasteiger partial charge is 0.461 e. The number of furan rings is 2. The van der Waals surface area contributed by atoms with E-state index in [0.717, 1.165) is 29.1 Å². The van der Waals surface area contributed by atoms with Crippen molar-refractivity contribution in [3.05, 3.63) is 60.1 Å². The van der Waals surface area contributed by atoms with Gasteiger partial charge in [-0.1, -0.05) is 63.3 Å². The van der Waals surface area contributed by atoms with Crippen molar-refractivity contribution in [3.63, 3.8) is 0 Å². The van der Waals surface area contributed by atoms with E-state index < -0.39 is 0 Å². The number of hydrogen-bond acceptors (Lipinski definition) is 2. The fourth-order valence-corrected chi connectivity index (χ4v) is 4.64. The Kier molecular flexibility index (Phi) is 4.79. The maximum Gasteiger partial charge on any atom is 0.134 e. The van der Waals surface area contributed by atoms with Gasteiger partial charge in [-0.3, -0.25) is 0 Å². The third kappa shape index (κ3) is 3.31. The summed E-state index contributed by atoms with van der Waals surface area (Å²) in [5.74, 6) is 2.07. The van der Waals surface area contributed by atoms with Crippen LogP contribution in [-0.4, -0.2) is 0 Å². The van der Waals surface area contributed by atoms with E-state index >= 15 is 0 Å². The SMILES string of the molecule is CCCCCCCCc1cc2c(ccc3c2ccc2c4cc(C)oc4ccc23)o1. The molecule has 0 aliphatic heterocycles. The normalized spacial score (nSPS) is 12.1. The Hall–Kier alpha value is -2.74. The molecule has 0 saturated carbocycles. The van der Waals surface area contributed by atoms with Crippen LogP contribution in [0, 0.1) is 6.92 Å². The lowest BCUT2D eigenvalue weighted by atomic mass is 9.97. The molecule has 0 radical (unpaired) electrons. The molecule has 5 rings (SSSR count). The molecular formula is C27H28O2. The number of fused-ring (bicyclic) bond motifs is 7. The standard InChI is InChI=1S/C27H28O2/c1-3-4-5-6-7-8-9-19-17-25-23-11-10-22-20(21(23)13-15-27(25)29-19)12-14-26-24(22)16-18(2)28-26/h10-17H,3-9H2,1-2H3. The molecule has 5 aromatic rings. The zero-order valence-electron chi connectivity index (χ0n) is 17.4. The summed E-state index contributed by atoms with van der Waals surface area (Å²) < 4.78 is 12.0. The highest BCUT2D eigenvalue weighted by Gasteiger charge is 2.12. The fraction of sp³-hybridized carbons (Fsp3) is 0.333. The lowest BCUT2D eigenvalue weighted by Crippen LogP contribution is -1.83. The monoisotopic (exact) mass is 384 g/mol. The van der Waals surface area contributed by atoms with Gasteiger partial charge in [0.05, 0.1) is 0 Å². The van der Waals surface area contributed by atoms with Gasteiger partial charge >= 0.3 is 0 Å². The molecule has 0 amide bonds. The quantitative estimate of drug-likeness (QED) is 0.207. The molecule has 148 valence electrons. The predicted octanol–water partition coefficient (Wildman–Crippen LogP) is 8.70. The highest BCUT2D eigenvalue weighted by Crippen LogP contribution is 2.36. The summed E-state index contributed by atoms with van der Waals surface area (Å²) >= 11 is 0. The fourth-order valence-electron chi connectivity index (χ4n) is 4.64. The van der Waals surface area contributed by atoms with Gasteiger partial charge in [-0.25, -0.2) is 0 Å². The van der Waals surface area contributed by atoms with Gasteiger partial charge in [0.1, 0.15) is 22.7 Å². The number of hydrogen-bond donors (Lipinski definition) is 0. The molecule has 2 nitrogen and oxygen atoms in total. The van der Waals surface area contributed by atoms with Gasteiger partial charge in [0.25, 0.3) is 0 Å². The zero-order valence-corrected chi connectivity index (χ0v) is 17.4. The summed E-state index contributed by atoms with van der Waals surface area (Å²) in [5.41, 5.74) is 1.96. The molecule has 0 N–H and O–H groups in total. The maximum atomic E-state index is 6.17. The highest BCUT2D eigenvalue weighted by atomic mass is 16.3. The average molecular weight is 385 g/mol. The molecule has 0 fully saturated rings. The van der Waals surface area contributed by atoms with E-state index in [0.29, 0.717) is 0 Å². The van der Waals surface area contributed by atoms with Crippen LogP contribution in [0.25, 0.3) is 43.5 Å². The number of aryl methyl sites for hydroxylation is 2. The topological polar surface area (TPSA) is 26.3 Å². The van der Waals surface area contributed by atoms with E-state index in [9.17, 15) is 0 Å². The molecule has 0 aliphatic rings. The van der Waals surface area contributed by atoms with Crippen LogP contribution in [0.4, 0.5) is 0 Å². The van der Waals surface area contributed by atoms with E-state index in [1.165, 1.54) is 70.8 Å². The van der Waals surface area contributed by atoms with Gasteiger partial charge in [-0.05, 0) is 59.2 Å². The zero-order chi connectivity index (χ0) is 19.8. The Balaban J connectivity index is 1.50. The van der Waals surface area contributed by atoms with Crippen LogP contribution >= 0.6 is 0 Å². The van der Waals surface area contributed by atoms with Crippen LogP contribution in [0.3, 0.4) is 0 Å². The second kappa shape index (κ2) is 7.59. The second-order valence-electron chi connectivity index (χ2n) is 8.30. The van der Waals surface area contributed by atoms with Crippen molar-refractivity contribution in [2.24, 2.45) is 0 Å². The second-order valence-corrected chi connectivity index (χ2v) is 8.30. The van der Waals surface area contributed by atoms with Crippen LogP contribution in [0.2, 0.25) is 0 Å². The molecule has 0 unspecified atom stereocenters. The Morgan fingerprint density at radius 3 is 1.86 bits per heavy atom. The molecule has 0 saturated heterocycles. The lowest BCUT2D eigenvalue weighted by Gasteiger charge is -2.05. The van der Waals surface area contributed by atoms with Gasteiger partial charge in [0.15, 0.2) is 0 Å². The first-order valence-corrected chi connectivity index (χ1v) is 11.0. The van der Waals surface area contributed by atoms with Gasteiger partial charge < -0.3 is 8.83 Å². The molecular weight excluding hydrogens is 356 g/mol. The number of unbranched alkanes of at least 4 members (excludes halogenated alkanes) is 5. The Morgan fingerprint density at radius 1 is 0.586 bits per heavy atom.